The van der Waals surface area contributed by atoms with Crippen molar-refractivity contribution in [2.45, 2.75) is 26.3 Å². The van der Waals surface area contributed by atoms with Crippen LogP contribution in [-0.2, 0) is 13.0 Å². The normalized spacial score (nSPS) is 13.3. The Morgan fingerprint density at radius 2 is 1.85 bits per heavy atom. The highest BCUT2D eigenvalue weighted by Gasteiger charge is 2.26. The molecule has 0 spiro atoms. The Kier molecular flexibility index (Phi) is 3.57. The lowest BCUT2D eigenvalue weighted by molar-refractivity contribution is 0.578. The second-order valence-electron chi connectivity index (χ2n) is 6.97. The molecular formula is C22H17F2N3. The second kappa shape index (κ2) is 5.98. The van der Waals surface area contributed by atoms with Crippen LogP contribution in [0.5, 0.6) is 0 Å². The Labute approximate surface area is 155 Å². The molecule has 2 aromatic carbocycles. The van der Waals surface area contributed by atoms with Crippen LogP contribution in [0, 0.1) is 18.6 Å². The number of para-hydroxylation sites is 1. The summed E-state index contributed by atoms with van der Waals surface area (Å²) in [5.74, 6) is -1.15. The Morgan fingerprint density at radius 3 is 2.74 bits per heavy atom. The zero-order chi connectivity index (χ0) is 18.5. The third-order valence-electron chi connectivity index (χ3n) is 5.20. The molecule has 134 valence electrons. The van der Waals surface area contributed by atoms with Crippen molar-refractivity contribution in [2.75, 3.05) is 0 Å². The molecule has 0 fully saturated rings. The number of benzene rings is 2. The molecule has 0 radical (unpaired) electrons. The first-order chi connectivity index (χ1) is 13.1. The fourth-order valence-corrected chi connectivity index (χ4v) is 3.83. The van der Waals surface area contributed by atoms with Crippen LogP contribution in [0.25, 0.3) is 33.4 Å². The minimum atomic E-state index is -0.600. The molecule has 0 atom stereocenters. The predicted octanol–water partition coefficient (Wildman–Crippen LogP) is 5.30. The zero-order valence-electron chi connectivity index (χ0n) is 14.8. The number of pyridine rings is 1. The second-order valence-corrected chi connectivity index (χ2v) is 6.97. The summed E-state index contributed by atoms with van der Waals surface area (Å²) in [6, 6.07) is 14.3. The van der Waals surface area contributed by atoms with E-state index in [1.165, 1.54) is 6.07 Å². The maximum Gasteiger partial charge on any atom is 0.135 e. The Morgan fingerprint density at radius 1 is 1.00 bits per heavy atom. The van der Waals surface area contributed by atoms with Gasteiger partial charge in [0.15, 0.2) is 0 Å². The molecule has 1 aliphatic rings. The summed E-state index contributed by atoms with van der Waals surface area (Å²) >= 11 is 0. The lowest BCUT2D eigenvalue weighted by atomic mass is 9.99. The van der Waals surface area contributed by atoms with Gasteiger partial charge in [-0.2, -0.15) is 5.10 Å². The third-order valence-corrected chi connectivity index (χ3v) is 5.20. The quantitative estimate of drug-likeness (QED) is 0.485. The molecule has 0 saturated carbocycles. The molecule has 0 amide bonds. The molecule has 0 N–H and O–H groups in total. The van der Waals surface area contributed by atoms with E-state index in [1.807, 2.05) is 41.1 Å². The third kappa shape index (κ3) is 2.53. The van der Waals surface area contributed by atoms with Crippen molar-refractivity contribution in [3.05, 3.63) is 71.4 Å². The standard InChI is InChI=1S/C22H17F2N3/c1-13-11-15(17(24)12-16(13)23)22-21(20-7-4-10-27(20)26-22)19-9-8-14-5-2-3-6-18(14)25-19/h2-3,5-6,8-9,11-12H,4,7,10H2,1H3. The predicted molar refractivity (Wildman–Crippen MR) is 101 cm³/mol. The van der Waals surface area contributed by atoms with Gasteiger partial charge in [0.25, 0.3) is 0 Å². The molecule has 0 unspecified atom stereocenters. The molecule has 0 saturated heterocycles. The van der Waals surface area contributed by atoms with E-state index in [1.54, 1.807) is 6.92 Å². The van der Waals surface area contributed by atoms with Crippen molar-refractivity contribution >= 4 is 10.9 Å². The van der Waals surface area contributed by atoms with Crippen LogP contribution < -0.4 is 0 Å². The van der Waals surface area contributed by atoms with Gasteiger partial charge in [-0.1, -0.05) is 24.3 Å². The summed E-state index contributed by atoms with van der Waals surface area (Å²) in [6.45, 7) is 2.44. The van der Waals surface area contributed by atoms with Crippen LogP contribution in [0.1, 0.15) is 17.7 Å². The van der Waals surface area contributed by atoms with Gasteiger partial charge in [0, 0.05) is 34.8 Å². The zero-order valence-corrected chi connectivity index (χ0v) is 14.8. The topological polar surface area (TPSA) is 30.7 Å². The SMILES string of the molecule is Cc1cc(-c2nn3c(c2-c2ccc4ccccc4n2)CCC3)c(F)cc1F. The van der Waals surface area contributed by atoms with E-state index in [4.69, 9.17) is 4.98 Å². The van der Waals surface area contributed by atoms with Crippen LogP contribution in [0.2, 0.25) is 0 Å². The number of hydrogen-bond acceptors (Lipinski definition) is 2. The van der Waals surface area contributed by atoms with Gasteiger partial charge in [-0.25, -0.2) is 13.8 Å². The highest BCUT2D eigenvalue weighted by Crippen LogP contribution is 2.38. The maximum atomic E-state index is 14.6. The maximum absolute atomic E-state index is 14.6. The van der Waals surface area contributed by atoms with E-state index < -0.39 is 11.6 Å². The first-order valence-electron chi connectivity index (χ1n) is 9.03. The molecule has 0 aliphatic carbocycles. The van der Waals surface area contributed by atoms with Gasteiger partial charge in [-0.3, -0.25) is 4.68 Å². The molecule has 4 aromatic rings. The van der Waals surface area contributed by atoms with Crippen molar-refractivity contribution in [1.29, 1.82) is 0 Å². The fourth-order valence-electron chi connectivity index (χ4n) is 3.83. The lowest BCUT2D eigenvalue weighted by Crippen LogP contribution is -1.96. The summed E-state index contributed by atoms with van der Waals surface area (Å²) in [5, 5.41) is 5.71. The summed E-state index contributed by atoms with van der Waals surface area (Å²) in [6.07, 6.45) is 1.88. The molecule has 1 aliphatic heterocycles. The van der Waals surface area contributed by atoms with Gasteiger partial charge < -0.3 is 0 Å². The van der Waals surface area contributed by atoms with Crippen LogP contribution in [0.15, 0.2) is 48.5 Å². The van der Waals surface area contributed by atoms with Crippen molar-refractivity contribution < 1.29 is 8.78 Å². The monoisotopic (exact) mass is 361 g/mol. The molecule has 5 heteroatoms. The minimum absolute atomic E-state index is 0.320. The molecule has 3 heterocycles. The van der Waals surface area contributed by atoms with Crippen LogP contribution in [0.3, 0.4) is 0 Å². The number of halogens is 2. The Hall–Kier alpha value is -3.08. The summed E-state index contributed by atoms with van der Waals surface area (Å²) < 4.78 is 30.3. The van der Waals surface area contributed by atoms with Gasteiger partial charge in [-0.05, 0) is 43.5 Å². The Balaban J connectivity index is 1.78. The van der Waals surface area contributed by atoms with Gasteiger partial charge >= 0.3 is 0 Å². The number of nitrogens with zero attached hydrogens (tertiary/aromatic N) is 3. The highest BCUT2D eigenvalue weighted by atomic mass is 19.1. The van der Waals surface area contributed by atoms with E-state index in [0.717, 1.165) is 53.3 Å². The van der Waals surface area contributed by atoms with E-state index in [0.29, 0.717) is 16.8 Å². The van der Waals surface area contributed by atoms with Gasteiger partial charge in [0.2, 0.25) is 0 Å². The molecule has 3 nitrogen and oxygen atoms in total. The smallest absolute Gasteiger partial charge is 0.135 e. The molecule has 0 bridgehead atoms. The molecule has 2 aromatic heterocycles. The summed E-state index contributed by atoms with van der Waals surface area (Å²) in [7, 11) is 0. The van der Waals surface area contributed by atoms with Crippen LogP contribution >= 0.6 is 0 Å². The lowest BCUT2D eigenvalue weighted by Gasteiger charge is -2.08. The van der Waals surface area contributed by atoms with E-state index >= 15 is 0 Å². The van der Waals surface area contributed by atoms with Crippen molar-refractivity contribution in [3.8, 4) is 22.5 Å². The number of fused-ring (bicyclic) bond motifs is 2. The van der Waals surface area contributed by atoms with Gasteiger partial charge in [0.05, 0.1) is 11.2 Å². The summed E-state index contributed by atoms with van der Waals surface area (Å²) in [5.41, 5.74) is 4.83. The molecular weight excluding hydrogens is 344 g/mol. The number of hydrogen-bond donors (Lipinski definition) is 0. The van der Waals surface area contributed by atoms with Crippen molar-refractivity contribution in [2.24, 2.45) is 0 Å². The van der Waals surface area contributed by atoms with Crippen LogP contribution in [-0.4, -0.2) is 14.8 Å². The average molecular weight is 361 g/mol. The first kappa shape index (κ1) is 16.1. The highest BCUT2D eigenvalue weighted by molar-refractivity contribution is 5.86. The molecule has 27 heavy (non-hydrogen) atoms. The fraction of sp³-hybridized carbons (Fsp3) is 0.182. The number of aryl methyl sites for hydroxylation is 2. The molecule has 5 rings (SSSR count). The minimum Gasteiger partial charge on any atom is -0.268 e. The number of rotatable bonds is 2. The van der Waals surface area contributed by atoms with Gasteiger partial charge in [-0.15, -0.1) is 0 Å². The van der Waals surface area contributed by atoms with E-state index in [9.17, 15) is 8.78 Å². The summed E-state index contributed by atoms with van der Waals surface area (Å²) in [4.78, 5) is 4.80. The first-order valence-corrected chi connectivity index (χ1v) is 9.03. The number of aromatic nitrogens is 3. The van der Waals surface area contributed by atoms with Crippen molar-refractivity contribution in [3.63, 3.8) is 0 Å². The average Bonchev–Trinajstić information content (AvgIpc) is 3.25. The van der Waals surface area contributed by atoms with E-state index in [2.05, 4.69) is 5.10 Å². The Bertz CT molecular complexity index is 1190. The van der Waals surface area contributed by atoms with E-state index in [-0.39, 0.29) is 0 Å². The van der Waals surface area contributed by atoms with Crippen molar-refractivity contribution in [1.82, 2.24) is 14.8 Å². The largest absolute Gasteiger partial charge is 0.268 e. The van der Waals surface area contributed by atoms with Gasteiger partial charge in [0.1, 0.15) is 17.3 Å². The van der Waals surface area contributed by atoms with Crippen LogP contribution in [0.4, 0.5) is 8.78 Å².